The highest BCUT2D eigenvalue weighted by molar-refractivity contribution is 5.06. The van der Waals surface area contributed by atoms with E-state index in [1.807, 2.05) is 6.92 Å². The van der Waals surface area contributed by atoms with Crippen LogP contribution in [0.3, 0.4) is 0 Å². The highest BCUT2D eigenvalue weighted by Crippen LogP contribution is 2.39. The first-order valence-electron chi connectivity index (χ1n) is 8.01. The van der Waals surface area contributed by atoms with Crippen LogP contribution in [-0.4, -0.2) is 36.5 Å². The molecule has 1 aromatic heterocycles. The molecule has 2 aliphatic rings. The molecule has 1 aromatic rings. The predicted molar refractivity (Wildman–Crippen MR) is 76.8 cm³/mol. The van der Waals surface area contributed by atoms with Gasteiger partial charge < -0.3 is 19.3 Å². The summed E-state index contributed by atoms with van der Waals surface area (Å²) in [5.74, 6) is 1.39. The third-order valence-electron chi connectivity index (χ3n) is 4.65. The van der Waals surface area contributed by atoms with E-state index in [0.29, 0.717) is 12.5 Å². The molecule has 1 aliphatic carbocycles. The number of hydrogen-bond acceptors (Lipinski definition) is 6. The molecule has 6 nitrogen and oxygen atoms in total. The Balaban J connectivity index is 1.76. The normalized spacial score (nSPS) is 28.9. The Morgan fingerprint density at radius 3 is 2.81 bits per heavy atom. The van der Waals surface area contributed by atoms with Crippen LogP contribution in [0.15, 0.2) is 4.52 Å². The van der Waals surface area contributed by atoms with Crippen LogP contribution >= 0.6 is 0 Å². The third-order valence-corrected chi connectivity index (χ3v) is 4.65. The second-order valence-electron chi connectivity index (χ2n) is 6.00. The van der Waals surface area contributed by atoms with Gasteiger partial charge in [0, 0.05) is 20.3 Å². The smallest absolute Gasteiger partial charge is 0.243 e. The van der Waals surface area contributed by atoms with Crippen molar-refractivity contribution in [3.8, 4) is 0 Å². The van der Waals surface area contributed by atoms with Crippen LogP contribution in [0.5, 0.6) is 0 Å². The van der Waals surface area contributed by atoms with Gasteiger partial charge in [0.25, 0.3) is 0 Å². The van der Waals surface area contributed by atoms with Crippen LogP contribution in [0.4, 0.5) is 0 Å². The number of hydrogen-bond donors (Lipinski definition) is 1. The Kier molecular flexibility index (Phi) is 4.57. The molecule has 21 heavy (non-hydrogen) atoms. The summed E-state index contributed by atoms with van der Waals surface area (Å²) in [4.78, 5) is 4.65. The van der Waals surface area contributed by atoms with Crippen molar-refractivity contribution >= 4 is 0 Å². The van der Waals surface area contributed by atoms with E-state index in [0.717, 1.165) is 44.5 Å². The van der Waals surface area contributed by atoms with E-state index in [2.05, 4.69) is 15.5 Å². The molecule has 0 spiro atoms. The first-order chi connectivity index (χ1) is 10.3. The van der Waals surface area contributed by atoms with Crippen molar-refractivity contribution in [1.82, 2.24) is 15.5 Å². The molecule has 0 amide bonds. The van der Waals surface area contributed by atoms with Gasteiger partial charge in [-0.05, 0) is 26.2 Å². The highest BCUT2D eigenvalue weighted by Gasteiger charge is 2.40. The highest BCUT2D eigenvalue weighted by atomic mass is 16.5. The van der Waals surface area contributed by atoms with Crippen molar-refractivity contribution in [3.63, 3.8) is 0 Å². The lowest BCUT2D eigenvalue weighted by atomic mass is 9.84. The molecule has 1 saturated heterocycles. The molecule has 118 valence electrons. The number of rotatable bonds is 5. The molecule has 0 aromatic carbocycles. The zero-order valence-corrected chi connectivity index (χ0v) is 12.9. The second-order valence-corrected chi connectivity index (χ2v) is 6.00. The lowest BCUT2D eigenvalue weighted by molar-refractivity contribution is -0.0777. The van der Waals surface area contributed by atoms with Crippen molar-refractivity contribution < 1.29 is 14.0 Å². The maximum absolute atomic E-state index is 6.04. The van der Waals surface area contributed by atoms with Gasteiger partial charge in [0.05, 0.1) is 12.1 Å². The molecule has 1 N–H and O–H groups in total. The molecular formula is C15H25N3O3. The molecule has 1 saturated carbocycles. The minimum absolute atomic E-state index is 0.0958. The number of aromatic nitrogens is 2. The first kappa shape index (κ1) is 14.9. The van der Waals surface area contributed by atoms with Crippen LogP contribution in [0.25, 0.3) is 0 Å². The summed E-state index contributed by atoms with van der Waals surface area (Å²) in [7, 11) is 1.74. The topological polar surface area (TPSA) is 69.4 Å². The zero-order chi connectivity index (χ0) is 14.7. The fourth-order valence-electron chi connectivity index (χ4n) is 3.46. The maximum atomic E-state index is 6.04. The summed E-state index contributed by atoms with van der Waals surface area (Å²) in [5.41, 5.74) is -0.339. The van der Waals surface area contributed by atoms with Gasteiger partial charge >= 0.3 is 0 Å². The van der Waals surface area contributed by atoms with Crippen molar-refractivity contribution in [2.24, 2.45) is 0 Å². The van der Waals surface area contributed by atoms with E-state index < -0.39 is 0 Å². The average molecular weight is 295 g/mol. The number of methoxy groups -OCH3 is 1. The quantitative estimate of drug-likeness (QED) is 0.899. The Labute approximate surface area is 125 Å². The van der Waals surface area contributed by atoms with E-state index in [1.54, 1.807) is 7.11 Å². The van der Waals surface area contributed by atoms with E-state index in [1.165, 1.54) is 6.42 Å². The van der Waals surface area contributed by atoms with E-state index in [4.69, 9.17) is 14.0 Å². The fraction of sp³-hybridized carbons (Fsp3) is 0.867. The van der Waals surface area contributed by atoms with Gasteiger partial charge in [0.2, 0.25) is 11.7 Å². The van der Waals surface area contributed by atoms with Gasteiger partial charge in [0.15, 0.2) is 0 Å². The monoisotopic (exact) mass is 295 g/mol. The molecule has 2 heterocycles. The SMILES string of the molecule is CCOC1(c2noc(C3CC(OC)CN3)n2)CCCCC1. The third kappa shape index (κ3) is 2.98. The van der Waals surface area contributed by atoms with Crippen molar-refractivity contribution in [1.29, 1.82) is 0 Å². The lowest BCUT2D eigenvalue weighted by Gasteiger charge is -2.33. The summed E-state index contributed by atoms with van der Waals surface area (Å²) in [6.07, 6.45) is 6.66. The number of nitrogens with zero attached hydrogens (tertiary/aromatic N) is 2. The molecular weight excluding hydrogens is 270 g/mol. The summed E-state index contributed by atoms with van der Waals surface area (Å²) >= 11 is 0. The Bertz CT molecular complexity index is 451. The van der Waals surface area contributed by atoms with E-state index in [-0.39, 0.29) is 17.7 Å². The molecule has 2 fully saturated rings. The Hall–Kier alpha value is -0.980. The summed E-state index contributed by atoms with van der Waals surface area (Å²) in [6.45, 7) is 3.53. The van der Waals surface area contributed by atoms with Crippen molar-refractivity contribution in [2.75, 3.05) is 20.3 Å². The number of nitrogens with one attached hydrogen (secondary N) is 1. The molecule has 0 radical (unpaired) electrons. The zero-order valence-electron chi connectivity index (χ0n) is 12.9. The van der Waals surface area contributed by atoms with Crippen molar-refractivity contribution in [3.05, 3.63) is 11.7 Å². The van der Waals surface area contributed by atoms with Gasteiger partial charge in [-0.2, -0.15) is 4.98 Å². The van der Waals surface area contributed by atoms with Crippen LogP contribution in [0, 0.1) is 0 Å². The van der Waals surface area contributed by atoms with Gasteiger partial charge in [-0.25, -0.2) is 0 Å². The van der Waals surface area contributed by atoms with Gasteiger partial charge in [-0.1, -0.05) is 24.4 Å². The fourth-order valence-corrected chi connectivity index (χ4v) is 3.46. The molecule has 1 aliphatic heterocycles. The average Bonchev–Trinajstić information content (AvgIpc) is 3.17. The molecule has 3 rings (SSSR count). The van der Waals surface area contributed by atoms with E-state index >= 15 is 0 Å². The van der Waals surface area contributed by atoms with Gasteiger partial charge in [-0.3, -0.25) is 0 Å². The van der Waals surface area contributed by atoms with Gasteiger partial charge in [-0.15, -0.1) is 0 Å². The predicted octanol–water partition coefficient (Wildman–Crippen LogP) is 2.31. The van der Waals surface area contributed by atoms with Crippen molar-refractivity contribution in [2.45, 2.75) is 63.2 Å². The molecule has 0 bridgehead atoms. The van der Waals surface area contributed by atoms with Crippen LogP contribution in [0.2, 0.25) is 0 Å². The molecule has 6 heteroatoms. The minimum Gasteiger partial charge on any atom is -0.380 e. The Morgan fingerprint density at radius 1 is 1.33 bits per heavy atom. The molecule has 2 atom stereocenters. The minimum atomic E-state index is -0.339. The second kappa shape index (κ2) is 6.42. The number of ether oxygens (including phenoxy) is 2. The van der Waals surface area contributed by atoms with Gasteiger partial charge in [0.1, 0.15) is 5.60 Å². The summed E-state index contributed by atoms with van der Waals surface area (Å²) in [6, 6.07) is 0.0958. The maximum Gasteiger partial charge on any atom is 0.243 e. The van der Waals surface area contributed by atoms with Crippen LogP contribution in [0.1, 0.15) is 63.2 Å². The lowest BCUT2D eigenvalue weighted by Crippen LogP contribution is -2.33. The standard InChI is InChI=1S/C15H25N3O3/c1-3-20-15(7-5-4-6-8-15)14-17-13(21-18-14)12-9-11(19-2)10-16-12/h11-12,16H,3-10H2,1-2H3. The Morgan fingerprint density at radius 2 is 2.14 bits per heavy atom. The van der Waals surface area contributed by atoms with E-state index in [9.17, 15) is 0 Å². The summed E-state index contributed by atoms with van der Waals surface area (Å²) in [5, 5.41) is 7.61. The van der Waals surface area contributed by atoms with Crippen LogP contribution < -0.4 is 5.32 Å². The largest absolute Gasteiger partial charge is 0.380 e. The molecule has 2 unspecified atom stereocenters. The van der Waals surface area contributed by atoms with Crippen LogP contribution in [-0.2, 0) is 15.1 Å². The first-order valence-corrected chi connectivity index (χ1v) is 8.01. The summed E-state index contributed by atoms with van der Waals surface area (Å²) < 4.78 is 16.9.